The first-order chi connectivity index (χ1) is 12.6. The number of ether oxygens (including phenoxy) is 1. The highest BCUT2D eigenvalue weighted by molar-refractivity contribution is 7.89. The predicted octanol–water partition coefficient (Wildman–Crippen LogP) is 3.79. The Morgan fingerprint density at radius 1 is 0.962 bits per heavy atom. The van der Waals surface area contributed by atoms with E-state index in [-0.39, 0.29) is 12.1 Å². The zero-order valence-electron chi connectivity index (χ0n) is 15.0. The lowest BCUT2D eigenvalue weighted by molar-refractivity contribution is 0.340. The van der Waals surface area contributed by atoms with E-state index < -0.39 is 10.0 Å². The monoisotopic (exact) mass is 374 g/mol. The highest BCUT2D eigenvalue weighted by Crippen LogP contribution is 2.25. The van der Waals surface area contributed by atoms with Gasteiger partial charge in [-0.25, -0.2) is 13.1 Å². The van der Waals surface area contributed by atoms with E-state index in [0.717, 1.165) is 37.1 Å². The molecule has 0 spiro atoms. The molecule has 26 heavy (non-hydrogen) atoms. The van der Waals surface area contributed by atoms with Crippen LogP contribution in [0.1, 0.15) is 32.6 Å². The summed E-state index contributed by atoms with van der Waals surface area (Å²) < 4.78 is 33.7. The average Bonchev–Trinajstić information content (AvgIpc) is 2.66. The van der Waals surface area contributed by atoms with Gasteiger partial charge in [0.2, 0.25) is 10.0 Å². The van der Waals surface area contributed by atoms with E-state index in [4.69, 9.17) is 4.74 Å². The Hall–Kier alpha value is -2.05. The maximum atomic E-state index is 12.7. The van der Waals surface area contributed by atoms with Crippen LogP contribution in [0, 0.1) is 0 Å². The van der Waals surface area contributed by atoms with E-state index in [1.54, 1.807) is 24.3 Å². The first kappa shape index (κ1) is 18.7. The van der Waals surface area contributed by atoms with Gasteiger partial charge in [0.15, 0.2) is 0 Å². The van der Waals surface area contributed by atoms with Gasteiger partial charge in [-0.2, -0.15) is 0 Å². The van der Waals surface area contributed by atoms with Crippen LogP contribution in [-0.4, -0.2) is 27.1 Å². The van der Waals surface area contributed by atoms with Gasteiger partial charge in [0.25, 0.3) is 0 Å². The Morgan fingerprint density at radius 2 is 1.62 bits per heavy atom. The van der Waals surface area contributed by atoms with Crippen molar-refractivity contribution in [2.45, 2.75) is 49.6 Å². The molecule has 5 nitrogen and oxygen atoms in total. The third-order valence-corrected chi connectivity index (χ3v) is 6.15. The topological polar surface area (TPSA) is 67.4 Å². The standard InChI is InChI=1S/C20H26N2O3S/c1-2-25-17-14-12-16(13-15-17)21-19-10-6-7-11-20(19)22-26(23,24)18-8-4-3-5-9-18/h3-5,8-9,12-15,19-22H,2,6-7,10-11H2,1H3/t19-,20+/m0/s1. The number of hydrogen-bond acceptors (Lipinski definition) is 4. The summed E-state index contributed by atoms with van der Waals surface area (Å²) in [6.45, 7) is 2.59. The van der Waals surface area contributed by atoms with E-state index in [2.05, 4.69) is 10.0 Å². The van der Waals surface area contributed by atoms with E-state index >= 15 is 0 Å². The Kier molecular flexibility index (Phi) is 6.16. The second-order valence-corrected chi connectivity index (χ2v) is 8.25. The maximum absolute atomic E-state index is 12.7. The average molecular weight is 375 g/mol. The zero-order valence-corrected chi connectivity index (χ0v) is 15.8. The molecule has 6 heteroatoms. The zero-order chi connectivity index (χ0) is 18.4. The lowest BCUT2D eigenvalue weighted by Gasteiger charge is -2.33. The SMILES string of the molecule is CCOc1ccc(N[C@H]2CCCC[C@H]2NS(=O)(=O)c2ccccc2)cc1. The van der Waals surface area contributed by atoms with Crippen molar-refractivity contribution < 1.29 is 13.2 Å². The van der Waals surface area contributed by atoms with E-state index in [9.17, 15) is 8.42 Å². The number of anilines is 1. The summed E-state index contributed by atoms with van der Waals surface area (Å²) in [4.78, 5) is 0.311. The number of rotatable bonds is 7. The first-order valence-corrected chi connectivity index (χ1v) is 10.6. The molecule has 0 heterocycles. The van der Waals surface area contributed by atoms with Gasteiger partial charge in [-0.1, -0.05) is 31.0 Å². The van der Waals surface area contributed by atoms with Crippen LogP contribution < -0.4 is 14.8 Å². The summed E-state index contributed by atoms with van der Waals surface area (Å²) in [5, 5.41) is 3.49. The molecule has 1 aliphatic rings. The van der Waals surface area contributed by atoms with Gasteiger partial charge in [-0.15, -0.1) is 0 Å². The fraction of sp³-hybridized carbons (Fsp3) is 0.400. The van der Waals surface area contributed by atoms with Crippen LogP contribution in [0.25, 0.3) is 0 Å². The number of benzene rings is 2. The minimum Gasteiger partial charge on any atom is -0.494 e. The van der Waals surface area contributed by atoms with Gasteiger partial charge in [0, 0.05) is 17.8 Å². The highest BCUT2D eigenvalue weighted by Gasteiger charge is 2.29. The minimum absolute atomic E-state index is 0.0696. The van der Waals surface area contributed by atoms with Crippen molar-refractivity contribution in [1.29, 1.82) is 0 Å². The van der Waals surface area contributed by atoms with Crippen molar-refractivity contribution in [1.82, 2.24) is 4.72 Å². The molecular formula is C20H26N2O3S. The molecule has 0 aromatic heterocycles. The van der Waals surface area contributed by atoms with Gasteiger partial charge < -0.3 is 10.1 Å². The van der Waals surface area contributed by atoms with Crippen molar-refractivity contribution in [3.05, 3.63) is 54.6 Å². The van der Waals surface area contributed by atoms with Gasteiger partial charge >= 0.3 is 0 Å². The van der Waals surface area contributed by atoms with Crippen LogP contribution >= 0.6 is 0 Å². The van der Waals surface area contributed by atoms with Gasteiger partial charge in [0.1, 0.15) is 5.75 Å². The molecule has 2 aromatic rings. The normalized spacial score (nSPS) is 20.5. The molecule has 0 amide bonds. The Balaban J connectivity index is 1.69. The highest BCUT2D eigenvalue weighted by atomic mass is 32.2. The third-order valence-electron chi connectivity index (χ3n) is 4.64. The van der Waals surface area contributed by atoms with Crippen LogP contribution in [0.2, 0.25) is 0 Å². The Morgan fingerprint density at radius 3 is 2.27 bits per heavy atom. The number of sulfonamides is 1. The molecule has 0 aliphatic heterocycles. The van der Waals surface area contributed by atoms with Crippen molar-refractivity contribution in [3.8, 4) is 5.75 Å². The molecule has 0 bridgehead atoms. The first-order valence-electron chi connectivity index (χ1n) is 9.15. The van der Waals surface area contributed by atoms with Crippen molar-refractivity contribution >= 4 is 15.7 Å². The fourth-order valence-electron chi connectivity index (χ4n) is 3.34. The Labute approximate surface area is 155 Å². The van der Waals surface area contributed by atoms with E-state index in [0.29, 0.717) is 11.5 Å². The third kappa shape index (κ3) is 4.77. The number of hydrogen-bond donors (Lipinski definition) is 2. The van der Waals surface area contributed by atoms with Crippen molar-refractivity contribution in [2.24, 2.45) is 0 Å². The molecule has 2 aromatic carbocycles. The molecule has 0 saturated heterocycles. The summed E-state index contributed by atoms with van der Waals surface area (Å²) >= 11 is 0. The van der Waals surface area contributed by atoms with E-state index in [1.807, 2.05) is 37.3 Å². The molecule has 0 unspecified atom stereocenters. The minimum atomic E-state index is -3.51. The van der Waals surface area contributed by atoms with Crippen LogP contribution in [0.3, 0.4) is 0 Å². The predicted molar refractivity (Wildman–Crippen MR) is 104 cm³/mol. The molecule has 1 aliphatic carbocycles. The van der Waals surface area contributed by atoms with Gasteiger partial charge in [-0.05, 0) is 56.2 Å². The van der Waals surface area contributed by atoms with Crippen molar-refractivity contribution in [3.63, 3.8) is 0 Å². The smallest absolute Gasteiger partial charge is 0.240 e. The van der Waals surface area contributed by atoms with Crippen molar-refractivity contribution in [2.75, 3.05) is 11.9 Å². The summed E-state index contributed by atoms with van der Waals surface area (Å²) in [6.07, 6.45) is 3.90. The summed E-state index contributed by atoms with van der Waals surface area (Å²) in [5.74, 6) is 0.836. The van der Waals surface area contributed by atoms with Gasteiger partial charge in [-0.3, -0.25) is 0 Å². The molecule has 1 saturated carbocycles. The lowest BCUT2D eigenvalue weighted by Crippen LogP contribution is -2.48. The summed E-state index contributed by atoms with van der Waals surface area (Å²) in [5.41, 5.74) is 0.976. The molecular weight excluding hydrogens is 348 g/mol. The second-order valence-electron chi connectivity index (χ2n) is 6.53. The summed E-state index contributed by atoms with van der Waals surface area (Å²) in [7, 11) is -3.51. The van der Waals surface area contributed by atoms with Crippen LogP contribution in [-0.2, 0) is 10.0 Å². The van der Waals surface area contributed by atoms with E-state index in [1.165, 1.54) is 0 Å². The molecule has 1 fully saturated rings. The fourth-order valence-corrected chi connectivity index (χ4v) is 4.67. The maximum Gasteiger partial charge on any atom is 0.240 e. The summed E-state index contributed by atoms with van der Waals surface area (Å²) in [6, 6.07) is 16.3. The largest absolute Gasteiger partial charge is 0.494 e. The number of nitrogens with one attached hydrogen (secondary N) is 2. The van der Waals surface area contributed by atoms with Gasteiger partial charge in [0.05, 0.1) is 11.5 Å². The molecule has 2 atom stereocenters. The second kappa shape index (κ2) is 8.56. The lowest BCUT2D eigenvalue weighted by atomic mass is 9.91. The van der Waals surface area contributed by atoms with Crippen LogP contribution in [0.15, 0.2) is 59.5 Å². The quantitative estimate of drug-likeness (QED) is 0.774. The molecule has 3 rings (SSSR count). The Bertz CT molecular complexity index is 792. The van der Waals surface area contributed by atoms with Crippen LogP contribution in [0.4, 0.5) is 5.69 Å². The molecule has 0 radical (unpaired) electrons. The molecule has 2 N–H and O–H groups in total. The molecule has 140 valence electrons. The van der Waals surface area contributed by atoms with Crippen LogP contribution in [0.5, 0.6) is 5.75 Å².